The van der Waals surface area contributed by atoms with Gasteiger partial charge in [-0.25, -0.2) is 0 Å². The summed E-state index contributed by atoms with van der Waals surface area (Å²) in [7, 11) is 0. The van der Waals surface area contributed by atoms with E-state index in [0.29, 0.717) is 0 Å². The van der Waals surface area contributed by atoms with E-state index in [1.807, 2.05) is 0 Å². The Labute approximate surface area is 183 Å². The van der Waals surface area contributed by atoms with Gasteiger partial charge in [-0.2, -0.15) is 0 Å². The van der Waals surface area contributed by atoms with Gasteiger partial charge < -0.3 is 24.8 Å². The van der Waals surface area contributed by atoms with E-state index in [2.05, 4.69) is 6.92 Å². The monoisotopic (exact) mass is 430 g/mol. The van der Waals surface area contributed by atoms with Gasteiger partial charge in [0.2, 0.25) is 0 Å². The lowest BCUT2D eigenvalue weighted by Crippen LogP contribution is -2.55. The first kappa shape index (κ1) is 27.3. The summed E-state index contributed by atoms with van der Waals surface area (Å²) < 4.78 is 10.5. The topological polar surface area (TPSA) is 96.2 Å². The third kappa shape index (κ3) is 12.2. The minimum atomic E-state index is -1.22. The first-order chi connectivity index (χ1) is 14.6. The van der Waals surface area contributed by atoms with Crippen LogP contribution in [0.5, 0.6) is 0 Å². The van der Waals surface area contributed by atoms with Crippen LogP contribution in [0.15, 0.2) is 0 Å². The van der Waals surface area contributed by atoms with Crippen molar-refractivity contribution in [2.24, 2.45) is 0 Å². The highest BCUT2D eigenvalue weighted by atomic mass is 16.6. The summed E-state index contributed by atoms with van der Waals surface area (Å²) in [5.41, 5.74) is 0. The molecule has 6 nitrogen and oxygen atoms in total. The molecule has 6 heteroatoms. The second kappa shape index (κ2) is 17.9. The van der Waals surface area contributed by atoms with Crippen molar-refractivity contribution >= 4 is 5.97 Å². The molecule has 4 atom stereocenters. The fourth-order valence-corrected chi connectivity index (χ4v) is 4.01. The highest BCUT2D eigenvalue weighted by molar-refractivity contribution is 5.69. The van der Waals surface area contributed by atoms with E-state index in [4.69, 9.17) is 9.47 Å². The van der Waals surface area contributed by atoms with Crippen LogP contribution in [0, 0.1) is 0 Å². The molecule has 0 aromatic heterocycles. The first-order valence-electron chi connectivity index (χ1n) is 12.4. The number of unbranched alkanes of at least 4 members (excludes halogenated alkanes) is 14. The van der Waals surface area contributed by atoms with Crippen molar-refractivity contribution in [1.29, 1.82) is 0 Å². The van der Waals surface area contributed by atoms with Gasteiger partial charge >= 0.3 is 5.97 Å². The van der Waals surface area contributed by atoms with Crippen LogP contribution in [0.4, 0.5) is 0 Å². The summed E-state index contributed by atoms with van der Waals surface area (Å²) in [5.74, 6) is -0.412. The van der Waals surface area contributed by atoms with Crippen LogP contribution in [0.25, 0.3) is 0 Å². The molecule has 1 aliphatic heterocycles. The number of hydrogen-bond acceptors (Lipinski definition) is 6. The molecule has 0 bridgehead atoms. The zero-order valence-corrected chi connectivity index (χ0v) is 19.1. The largest absolute Gasteiger partial charge is 0.457 e. The molecular formula is C24H46O6. The minimum absolute atomic E-state index is 0.0699. The zero-order valence-electron chi connectivity index (χ0n) is 19.1. The van der Waals surface area contributed by atoms with Crippen molar-refractivity contribution in [2.45, 2.75) is 134 Å². The third-order valence-corrected chi connectivity index (χ3v) is 6.01. The van der Waals surface area contributed by atoms with Gasteiger partial charge in [0.25, 0.3) is 0 Å². The number of aliphatic hydroxyl groups excluding tert-OH is 3. The van der Waals surface area contributed by atoms with E-state index in [1.165, 1.54) is 77.0 Å². The summed E-state index contributed by atoms with van der Waals surface area (Å²) in [4.78, 5) is 12.0. The molecule has 1 aliphatic rings. The van der Waals surface area contributed by atoms with Gasteiger partial charge in [-0.05, 0) is 6.42 Å². The number of rotatable bonds is 18. The van der Waals surface area contributed by atoms with Crippen LogP contribution >= 0.6 is 0 Å². The molecule has 0 aromatic rings. The van der Waals surface area contributed by atoms with Crippen molar-refractivity contribution < 1.29 is 29.6 Å². The van der Waals surface area contributed by atoms with Crippen molar-refractivity contribution in [2.75, 3.05) is 13.2 Å². The summed E-state index contributed by atoms with van der Waals surface area (Å²) >= 11 is 0. The third-order valence-electron chi connectivity index (χ3n) is 6.01. The smallest absolute Gasteiger partial charge is 0.306 e. The SMILES string of the molecule is CCCCCCCCCCCCCCCCCC(=O)O[C@H]1[C@H](O)[C@H](O)CO[C@@H]1CO. The number of carbonyl (C=O) groups excluding carboxylic acids is 1. The lowest BCUT2D eigenvalue weighted by atomic mass is 10.00. The molecule has 178 valence electrons. The average Bonchev–Trinajstić information content (AvgIpc) is 2.74. The molecule has 3 N–H and O–H groups in total. The highest BCUT2D eigenvalue weighted by Crippen LogP contribution is 2.20. The molecule has 1 heterocycles. The molecule has 0 aliphatic carbocycles. The maximum absolute atomic E-state index is 12.0. The molecule has 0 aromatic carbocycles. The lowest BCUT2D eigenvalue weighted by Gasteiger charge is -2.36. The van der Waals surface area contributed by atoms with Crippen LogP contribution < -0.4 is 0 Å². The second-order valence-electron chi connectivity index (χ2n) is 8.77. The Morgan fingerprint density at radius 3 is 1.77 bits per heavy atom. The normalized spacial score (nSPS) is 24.1. The van der Waals surface area contributed by atoms with Crippen molar-refractivity contribution in [3.8, 4) is 0 Å². The molecule has 0 saturated carbocycles. The number of esters is 1. The Kier molecular flexibility index (Phi) is 16.3. The minimum Gasteiger partial charge on any atom is -0.457 e. The van der Waals surface area contributed by atoms with Crippen molar-refractivity contribution in [1.82, 2.24) is 0 Å². The second-order valence-corrected chi connectivity index (χ2v) is 8.77. The van der Waals surface area contributed by atoms with Crippen molar-refractivity contribution in [3.63, 3.8) is 0 Å². The van der Waals surface area contributed by atoms with Gasteiger partial charge in [-0.1, -0.05) is 96.8 Å². The molecular weight excluding hydrogens is 384 g/mol. The van der Waals surface area contributed by atoms with Gasteiger partial charge in [0.1, 0.15) is 18.3 Å². The molecule has 30 heavy (non-hydrogen) atoms. The standard InChI is InChI=1S/C24H46O6/c1-2-3-4-5-6-7-8-9-10-11-12-13-14-15-16-17-22(27)30-24-21(18-25)29-19-20(26)23(24)28/h20-21,23-26,28H,2-19H2,1H3/t20-,21-,23-,24-/m1/s1. The molecule has 0 amide bonds. The Morgan fingerprint density at radius 2 is 1.30 bits per heavy atom. The van der Waals surface area contributed by atoms with Crippen LogP contribution in [0.3, 0.4) is 0 Å². The number of carbonyl (C=O) groups is 1. The maximum atomic E-state index is 12.0. The van der Waals surface area contributed by atoms with Gasteiger partial charge in [0, 0.05) is 6.42 Å². The fraction of sp³-hybridized carbons (Fsp3) is 0.958. The maximum Gasteiger partial charge on any atom is 0.306 e. The molecule has 0 radical (unpaired) electrons. The van der Waals surface area contributed by atoms with Crippen molar-refractivity contribution in [3.05, 3.63) is 0 Å². The summed E-state index contributed by atoms with van der Waals surface area (Å²) in [6.45, 7) is 1.83. The van der Waals surface area contributed by atoms with E-state index < -0.39 is 30.4 Å². The molecule has 1 rings (SSSR count). The van der Waals surface area contributed by atoms with E-state index in [9.17, 15) is 20.1 Å². The summed E-state index contributed by atoms with van der Waals surface area (Å²) in [6.07, 6.45) is 15.2. The quantitative estimate of drug-likeness (QED) is 0.222. The van der Waals surface area contributed by atoms with Crippen LogP contribution in [-0.4, -0.2) is 58.9 Å². The van der Waals surface area contributed by atoms with Gasteiger partial charge in [0.15, 0.2) is 6.10 Å². The Bertz CT molecular complexity index is 415. The van der Waals surface area contributed by atoms with Gasteiger partial charge in [0.05, 0.1) is 13.2 Å². The van der Waals surface area contributed by atoms with Crippen LogP contribution in [0.2, 0.25) is 0 Å². The highest BCUT2D eigenvalue weighted by Gasteiger charge is 2.41. The van der Waals surface area contributed by atoms with E-state index in [1.54, 1.807) is 0 Å². The summed E-state index contributed by atoms with van der Waals surface area (Å²) in [5, 5.41) is 28.9. The van der Waals surface area contributed by atoms with Gasteiger partial charge in [-0.15, -0.1) is 0 Å². The van der Waals surface area contributed by atoms with E-state index in [-0.39, 0.29) is 19.6 Å². The predicted molar refractivity (Wildman–Crippen MR) is 118 cm³/mol. The molecule has 1 fully saturated rings. The Morgan fingerprint density at radius 1 is 0.833 bits per heavy atom. The number of ether oxygens (including phenoxy) is 2. The Balaban J connectivity index is 1.92. The first-order valence-corrected chi connectivity index (χ1v) is 12.4. The zero-order chi connectivity index (χ0) is 22.0. The average molecular weight is 431 g/mol. The van der Waals surface area contributed by atoms with Crippen LogP contribution in [0.1, 0.15) is 110 Å². The van der Waals surface area contributed by atoms with Gasteiger partial charge in [-0.3, -0.25) is 4.79 Å². The number of hydrogen-bond donors (Lipinski definition) is 3. The van der Waals surface area contributed by atoms with E-state index in [0.717, 1.165) is 19.3 Å². The lowest BCUT2D eigenvalue weighted by molar-refractivity contribution is -0.213. The Hall–Kier alpha value is -0.690. The van der Waals surface area contributed by atoms with E-state index >= 15 is 0 Å². The number of aliphatic hydroxyl groups is 3. The summed E-state index contributed by atoms with van der Waals surface area (Å²) in [6, 6.07) is 0. The molecule has 1 saturated heterocycles. The molecule has 0 unspecified atom stereocenters. The molecule has 0 spiro atoms. The predicted octanol–water partition coefficient (Wildman–Crippen LogP) is 4.27. The fourth-order valence-electron chi connectivity index (χ4n) is 4.01. The van der Waals surface area contributed by atoms with Crippen LogP contribution in [-0.2, 0) is 14.3 Å².